The molecule has 6 aromatic rings. The number of unbranched alkanes of at least 4 members (excludes halogenated alkanes) is 2. The van der Waals surface area contributed by atoms with Crippen LogP contribution in [-0.4, -0.2) is 180 Å². The van der Waals surface area contributed by atoms with E-state index in [2.05, 4.69) is 39.7 Å². The number of nitrogens with two attached hydrogens (primary N) is 2. The maximum absolute atomic E-state index is 14.2. The molecule has 0 spiro atoms. The SMILES string of the molecule is Cc1c(-c2ccc(N3CCc4cccc(C(=O)Nc5nc6ccccc6s5)c4C3)nc2C(=O)O)cnn1CC12CC3(C)CC(C)(C1)CC(OCCN(CCC(=O)O)C1CCN(C(=O)OCc4ccc(N(C(N)=O)C(=O)[C@H](CCCN)NC(=O)[C@@H](NC(=O)CCCCCN5C(=O)C=CC5=O)C(C)C)cc4)CC1)(C3)C2. The summed E-state index contributed by atoms with van der Waals surface area (Å²) in [5, 5.41) is 34.7. The number of nitrogens with one attached hydrogen (secondary N) is 3. The Morgan fingerprint density at radius 3 is 2.20 bits per heavy atom. The van der Waals surface area contributed by atoms with Crippen molar-refractivity contribution in [2.45, 2.75) is 181 Å². The maximum atomic E-state index is 14.2. The molecule has 3 aliphatic heterocycles. The monoisotopic (exact) mass is 1500 g/mol. The molecule has 7 aliphatic rings. The number of carboxylic acids is 2. The number of urea groups is 1. The number of para-hydroxylation sites is 1. The number of piperidine rings is 1. The first-order chi connectivity index (χ1) is 51.6. The van der Waals surface area contributed by atoms with Crippen LogP contribution in [0.15, 0.2) is 97.2 Å². The lowest BCUT2D eigenvalue weighted by Crippen LogP contribution is -2.64. The molecule has 3 aromatic carbocycles. The molecular formula is C79H98N14O14S. The normalized spacial score (nSPS) is 21.5. The lowest BCUT2D eigenvalue weighted by molar-refractivity contribution is -0.249. The summed E-state index contributed by atoms with van der Waals surface area (Å²) in [5.41, 5.74) is 16.8. The number of imide groups is 2. The van der Waals surface area contributed by atoms with Crippen LogP contribution < -0.4 is 37.2 Å². The average Bonchev–Trinajstić information content (AvgIpc) is 0.792. The quantitative estimate of drug-likeness (QED) is 0.0153. The van der Waals surface area contributed by atoms with E-state index in [1.54, 1.807) is 43.1 Å². The summed E-state index contributed by atoms with van der Waals surface area (Å²) in [6, 6.07) is 19.8. The molecule has 9 amide bonds. The number of benzene rings is 3. The number of carboxylic acid groups (broad SMARTS) is 2. The highest BCUT2D eigenvalue weighted by atomic mass is 32.1. The molecule has 4 bridgehead atoms. The zero-order valence-electron chi connectivity index (χ0n) is 62.0. The number of ether oxygens (including phenoxy) is 2. The number of carbonyl (C=O) groups excluding carboxylic acids is 8. The van der Waals surface area contributed by atoms with Crippen molar-refractivity contribution in [2.24, 2.45) is 33.6 Å². The number of pyridine rings is 1. The minimum atomic E-state index is -1.25. The summed E-state index contributed by atoms with van der Waals surface area (Å²) in [7, 11) is 0. The zero-order chi connectivity index (χ0) is 76.8. The van der Waals surface area contributed by atoms with E-state index in [1.807, 2.05) is 65.0 Å². The van der Waals surface area contributed by atoms with Crippen LogP contribution in [-0.2, 0) is 64.4 Å². The highest BCUT2D eigenvalue weighted by Gasteiger charge is 2.66. The molecule has 108 heavy (non-hydrogen) atoms. The number of hydrogen-bond donors (Lipinski definition) is 7. The molecule has 6 heterocycles. The summed E-state index contributed by atoms with van der Waals surface area (Å²) in [4.78, 5) is 148. The van der Waals surface area contributed by atoms with Gasteiger partial charge in [-0.05, 0) is 178 Å². The molecule has 4 aliphatic carbocycles. The van der Waals surface area contributed by atoms with Crippen molar-refractivity contribution in [2.75, 3.05) is 67.5 Å². The fourth-order valence-electron chi connectivity index (χ4n) is 18.4. The molecule has 5 fully saturated rings. The second-order valence-corrected chi connectivity index (χ2v) is 32.4. The third-order valence-electron chi connectivity index (χ3n) is 22.4. The van der Waals surface area contributed by atoms with Gasteiger partial charge >= 0.3 is 24.1 Å². The number of thiazole rings is 1. The van der Waals surface area contributed by atoms with E-state index < -0.39 is 65.4 Å². The lowest BCUT2D eigenvalue weighted by Gasteiger charge is -2.69. The van der Waals surface area contributed by atoms with Crippen molar-refractivity contribution in [3.8, 4) is 11.1 Å². The molecule has 28 nitrogen and oxygen atoms in total. The predicted molar refractivity (Wildman–Crippen MR) is 404 cm³/mol. The van der Waals surface area contributed by atoms with Crippen molar-refractivity contribution >= 4 is 97.7 Å². The van der Waals surface area contributed by atoms with Gasteiger partial charge in [-0.15, -0.1) is 0 Å². The highest BCUT2D eigenvalue weighted by molar-refractivity contribution is 7.22. The van der Waals surface area contributed by atoms with Gasteiger partial charge in [-0.1, -0.05) is 81.9 Å². The molecule has 4 saturated carbocycles. The van der Waals surface area contributed by atoms with E-state index in [-0.39, 0.29) is 90.3 Å². The molecule has 4 atom stereocenters. The summed E-state index contributed by atoms with van der Waals surface area (Å²) < 4.78 is 16.0. The minimum absolute atomic E-state index is 0.00814. The van der Waals surface area contributed by atoms with Crippen molar-refractivity contribution in [3.05, 3.63) is 131 Å². The number of fused-ring (bicyclic) bond motifs is 2. The Morgan fingerprint density at radius 1 is 0.787 bits per heavy atom. The number of aromatic nitrogens is 4. The van der Waals surface area contributed by atoms with Gasteiger partial charge < -0.3 is 51.6 Å². The second kappa shape index (κ2) is 32.9. The van der Waals surface area contributed by atoms with Crippen LogP contribution in [0.25, 0.3) is 21.3 Å². The molecule has 2 unspecified atom stereocenters. The molecule has 29 heteroatoms. The Morgan fingerprint density at radius 2 is 1.52 bits per heavy atom. The van der Waals surface area contributed by atoms with E-state index >= 15 is 0 Å². The average molecular weight is 1500 g/mol. The van der Waals surface area contributed by atoms with Gasteiger partial charge in [0.15, 0.2) is 10.8 Å². The summed E-state index contributed by atoms with van der Waals surface area (Å²) in [6.45, 7) is 14.0. The number of carbonyl (C=O) groups is 10. The number of aromatic carboxylic acids is 1. The molecule has 3 aromatic heterocycles. The van der Waals surface area contributed by atoms with Crippen molar-refractivity contribution in [1.82, 2.24) is 45.1 Å². The van der Waals surface area contributed by atoms with Crippen LogP contribution in [0.4, 0.5) is 26.2 Å². The Kier molecular flexibility index (Phi) is 23.6. The number of rotatable bonds is 32. The van der Waals surface area contributed by atoms with Gasteiger partial charge in [-0.25, -0.2) is 29.3 Å². The van der Waals surface area contributed by atoms with Crippen molar-refractivity contribution in [3.63, 3.8) is 0 Å². The number of aliphatic carboxylic acids is 1. The summed E-state index contributed by atoms with van der Waals surface area (Å²) in [5.74, 6) is -4.86. The Balaban J connectivity index is 0.630. The van der Waals surface area contributed by atoms with E-state index in [1.165, 1.54) is 35.6 Å². The van der Waals surface area contributed by atoms with Crippen LogP contribution in [0.1, 0.15) is 167 Å². The van der Waals surface area contributed by atoms with E-state index in [9.17, 15) is 58.2 Å². The van der Waals surface area contributed by atoms with Gasteiger partial charge in [0.25, 0.3) is 23.6 Å². The lowest BCUT2D eigenvalue weighted by atomic mass is 9.39. The number of amides is 9. The van der Waals surface area contributed by atoms with Gasteiger partial charge in [0.2, 0.25) is 11.8 Å². The van der Waals surface area contributed by atoms with Crippen LogP contribution in [0.5, 0.6) is 0 Å². The fourth-order valence-corrected chi connectivity index (χ4v) is 19.3. The van der Waals surface area contributed by atoms with Crippen LogP contribution in [0.3, 0.4) is 0 Å². The third-order valence-corrected chi connectivity index (χ3v) is 23.3. The van der Waals surface area contributed by atoms with Crippen LogP contribution >= 0.6 is 11.3 Å². The smallest absolute Gasteiger partial charge is 0.410 e. The molecule has 574 valence electrons. The van der Waals surface area contributed by atoms with Gasteiger partial charge in [0.05, 0.1) is 40.7 Å². The Bertz CT molecular complexity index is 4380. The maximum Gasteiger partial charge on any atom is 0.410 e. The number of primary amides is 1. The molecular weight excluding hydrogens is 1400 g/mol. The number of hydrogen-bond acceptors (Lipinski definition) is 19. The molecule has 0 radical (unpaired) electrons. The van der Waals surface area contributed by atoms with E-state index in [4.69, 9.17) is 31.0 Å². The van der Waals surface area contributed by atoms with Crippen molar-refractivity contribution < 1.29 is 67.6 Å². The fraction of sp³-hybridized carbons (Fsp3) is 0.506. The summed E-state index contributed by atoms with van der Waals surface area (Å²) in [6.07, 6.45) is 12.9. The first-order valence-electron chi connectivity index (χ1n) is 37.5. The largest absolute Gasteiger partial charge is 0.481 e. The van der Waals surface area contributed by atoms with E-state index in [0.717, 1.165) is 75.4 Å². The first kappa shape index (κ1) is 77.6. The number of nitrogens with zero attached hydrogens (tertiary/aromatic N) is 9. The second-order valence-electron chi connectivity index (χ2n) is 31.3. The number of likely N-dealkylation sites (tertiary alicyclic amines) is 1. The molecule has 9 N–H and O–H groups in total. The first-order valence-corrected chi connectivity index (χ1v) is 38.3. The highest BCUT2D eigenvalue weighted by Crippen LogP contribution is 2.72. The van der Waals surface area contributed by atoms with Gasteiger partial charge in [-0.2, -0.15) is 5.10 Å². The number of anilines is 3. The topological polar surface area (TPSA) is 378 Å². The summed E-state index contributed by atoms with van der Waals surface area (Å²) >= 11 is 1.41. The van der Waals surface area contributed by atoms with E-state index in [0.29, 0.717) is 131 Å². The van der Waals surface area contributed by atoms with Crippen LogP contribution in [0, 0.1) is 29.1 Å². The van der Waals surface area contributed by atoms with Gasteiger partial charge in [0.1, 0.15) is 24.5 Å². The minimum Gasteiger partial charge on any atom is -0.481 e. The zero-order valence-corrected chi connectivity index (χ0v) is 62.8. The van der Waals surface area contributed by atoms with Crippen LogP contribution in [0.2, 0.25) is 0 Å². The standard InChI is InChI=1S/C79H98N14O14S/c1-49(2)67(86-63(94)18-7-6-10-32-91-64(95)25-26-65(91)96)70(100)83-60(16-12-31-80)71(101)93(73(81)104)54-21-19-51(20-22-54)41-106-75(105)89-34-28-53(29-35-89)88(36-30-66(97)98)37-38-107-79-45-76(4)42-77(5,46-79)44-78(43-76,47-79)48-92-50(3)57(39-82-92)55-23-24-62(85-68(55)72(102)103)90-33-27-52-13-11-14-56(58(52)40-90)69(99)87-74-84-59-15-8-9-17-61(59)108-74/h8-9,11,13-15,17,19-26,39,49,53,60,67H,6-7,10,12,16,18,27-38,40-48,80H2,1-5H3,(H2,81,104)(H,83,100)(H,86,94)(H,97,98)(H,102,103)(H,84,87,99)/t60-,67-,76?,77?,78?,79?/m0/s1. The van der Waals surface area contributed by atoms with Crippen molar-refractivity contribution in [1.29, 1.82) is 0 Å². The third kappa shape index (κ3) is 17.8. The Hall–Kier alpha value is -9.97. The Labute approximate surface area is 631 Å². The molecule has 1 saturated heterocycles. The predicted octanol–water partition coefficient (Wildman–Crippen LogP) is 9.35. The van der Waals surface area contributed by atoms with Gasteiger partial charge in [0, 0.05) is 99.4 Å². The molecule has 13 rings (SSSR count). The van der Waals surface area contributed by atoms with Gasteiger partial charge in [-0.3, -0.25) is 53.4 Å².